The fourth-order valence-electron chi connectivity index (χ4n) is 2.70. The molecule has 3 N–H and O–H groups in total. The molecule has 90 valence electrons. The molecule has 0 saturated carbocycles. The van der Waals surface area contributed by atoms with Crippen LogP contribution in [-0.2, 0) is 20.0 Å². The molecule has 17 heavy (non-hydrogen) atoms. The molecule has 1 aromatic heterocycles. The van der Waals surface area contributed by atoms with Crippen molar-refractivity contribution in [2.45, 2.75) is 19.0 Å². The number of fused-ring (bicyclic) bond motifs is 3. The Balaban J connectivity index is 2.22. The molecule has 0 spiro atoms. The average Bonchev–Trinajstić information content (AvgIpc) is 2.62. The topological polar surface area (TPSA) is 57.4 Å². The molecule has 0 radical (unpaired) electrons. The van der Waals surface area contributed by atoms with Gasteiger partial charge in [-0.15, -0.1) is 0 Å². The van der Waals surface area contributed by atoms with E-state index in [4.69, 9.17) is 0 Å². The van der Waals surface area contributed by atoms with E-state index in [2.05, 4.69) is 9.88 Å². The van der Waals surface area contributed by atoms with Crippen LogP contribution in [0.15, 0.2) is 18.2 Å². The summed E-state index contributed by atoms with van der Waals surface area (Å²) >= 11 is 0. The van der Waals surface area contributed by atoms with Crippen molar-refractivity contribution in [1.82, 2.24) is 9.88 Å². The van der Waals surface area contributed by atoms with Crippen LogP contribution >= 0.6 is 0 Å². The number of hydrogen-bond acceptors (Lipinski definition) is 3. The first-order valence-corrected chi connectivity index (χ1v) is 5.84. The van der Waals surface area contributed by atoms with Crippen LogP contribution in [0.2, 0.25) is 0 Å². The van der Waals surface area contributed by atoms with Crippen molar-refractivity contribution in [2.75, 3.05) is 6.61 Å². The highest BCUT2D eigenvalue weighted by Gasteiger charge is 2.23. The molecule has 0 aliphatic carbocycles. The summed E-state index contributed by atoms with van der Waals surface area (Å²) in [6.07, 6.45) is 0.841. The number of phenolic OH excluding ortho intramolecular Hbond substituents is 1. The van der Waals surface area contributed by atoms with Crippen molar-refractivity contribution in [3.05, 3.63) is 29.5 Å². The molecule has 1 atom stereocenters. The number of hydrogen-bond donors (Lipinski definition) is 3. The zero-order valence-electron chi connectivity index (χ0n) is 9.77. The Kier molecular flexibility index (Phi) is 2.34. The van der Waals surface area contributed by atoms with Gasteiger partial charge in [-0.25, -0.2) is 0 Å². The molecule has 1 aliphatic rings. The van der Waals surface area contributed by atoms with Gasteiger partial charge in [-0.2, -0.15) is 0 Å². The number of rotatable bonds is 1. The van der Waals surface area contributed by atoms with E-state index in [1.54, 1.807) is 12.1 Å². The molecule has 3 rings (SSSR count). The number of phenols is 1. The van der Waals surface area contributed by atoms with Gasteiger partial charge in [0.25, 0.3) is 0 Å². The number of aryl methyl sites for hydroxylation is 1. The number of nitrogens with zero attached hydrogens (tertiary/aromatic N) is 1. The monoisotopic (exact) mass is 232 g/mol. The Morgan fingerprint density at radius 1 is 1.47 bits per heavy atom. The Labute approximate surface area is 99.5 Å². The fraction of sp³-hybridized carbons (Fsp3) is 0.385. The van der Waals surface area contributed by atoms with Crippen LogP contribution < -0.4 is 5.32 Å². The maximum Gasteiger partial charge on any atom is 0.117 e. The lowest BCUT2D eigenvalue weighted by Gasteiger charge is -2.23. The molecular formula is C13H16N2O2. The molecule has 0 bridgehead atoms. The van der Waals surface area contributed by atoms with Crippen LogP contribution in [0, 0.1) is 0 Å². The maximum absolute atomic E-state index is 9.55. The van der Waals surface area contributed by atoms with Gasteiger partial charge in [-0.3, -0.25) is 0 Å². The Hall–Kier alpha value is -1.52. The van der Waals surface area contributed by atoms with Crippen LogP contribution in [0.1, 0.15) is 11.3 Å². The van der Waals surface area contributed by atoms with E-state index in [0.29, 0.717) is 5.75 Å². The second-order valence-electron chi connectivity index (χ2n) is 4.65. The zero-order valence-corrected chi connectivity index (χ0v) is 9.77. The Bertz CT molecular complexity index is 574. The second kappa shape index (κ2) is 3.75. The first-order valence-electron chi connectivity index (χ1n) is 5.84. The summed E-state index contributed by atoms with van der Waals surface area (Å²) in [7, 11) is 2.02. The van der Waals surface area contributed by atoms with Crippen LogP contribution in [-0.4, -0.2) is 27.4 Å². The molecular weight excluding hydrogens is 216 g/mol. The fourth-order valence-corrected chi connectivity index (χ4v) is 2.70. The summed E-state index contributed by atoms with van der Waals surface area (Å²) in [5.74, 6) is 0.294. The number of aromatic nitrogens is 1. The van der Waals surface area contributed by atoms with Gasteiger partial charge >= 0.3 is 0 Å². The van der Waals surface area contributed by atoms with Crippen molar-refractivity contribution in [1.29, 1.82) is 0 Å². The van der Waals surface area contributed by atoms with E-state index in [1.807, 2.05) is 13.1 Å². The standard InChI is InChI=1S/C13H16N2O2/c1-15-12-5-9(17)2-3-10(12)11-4-8(7-16)14-6-13(11)15/h2-3,5,8,14,16-17H,4,6-7H2,1H3. The second-order valence-corrected chi connectivity index (χ2v) is 4.65. The lowest BCUT2D eigenvalue weighted by atomic mass is 9.99. The van der Waals surface area contributed by atoms with E-state index in [-0.39, 0.29) is 12.6 Å². The lowest BCUT2D eigenvalue weighted by molar-refractivity contribution is 0.235. The zero-order chi connectivity index (χ0) is 12.0. The SMILES string of the molecule is Cn1c2c(c3ccc(O)cc31)CC(CO)NC2. The molecule has 4 heteroatoms. The normalized spacial score (nSPS) is 19.5. The van der Waals surface area contributed by atoms with Gasteiger partial charge in [0.2, 0.25) is 0 Å². The third-order valence-corrected chi connectivity index (χ3v) is 3.65. The number of aliphatic hydroxyl groups excluding tert-OH is 1. The highest BCUT2D eigenvalue weighted by molar-refractivity contribution is 5.87. The third-order valence-electron chi connectivity index (χ3n) is 3.65. The first-order chi connectivity index (χ1) is 8.20. The summed E-state index contributed by atoms with van der Waals surface area (Å²) in [6, 6.07) is 5.62. The van der Waals surface area contributed by atoms with Crippen LogP contribution in [0.5, 0.6) is 5.75 Å². The molecule has 0 fully saturated rings. The molecule has 4 nitrogen and oxygen atoms in total. The molecule has 1 aliphatic heterocycles. The minimum atomic E-state index is 0.141. The summed E-state index contributed by atoms with van der Waals surface area (Å²) < 4.78 is 2.12. The van der Waals surface area contributed by atoms with Gasteiger partial charge in [0.15, 0.2) is 0 Å². The van der Waals surface area contributed by atoms with E-state index in [1.165, 1.54) is 16.6 Å². The Morgan fingerprint density at radius 2 is 2.29 bits per heavy atom. The summed E-state index contributed by atoms with van der Waals surface area (Å²) in [5, 5.41) is 23.3. The van der Waals surface area contributed by atoms with Gasteiger partial charge in [0, 0.05) is 36.8 Å². The number of aromatic hydroxyl groups is 1. The first kappa shape index (κ1) is 10.6. The summed E-state index contributed by atoms with van der Waals surface area (Å²) in [6.45, 7) is 0.931. The van der Waals surface area contributed by atoms with E-state index in [9.17, 15) is 10.2 Å². The van der Waals surface area contributed by atoms with E-state index >= 15 is 0 Å². The van der Waals surface area contributed by atoms with Crippen molar-refractivity contribution in [3.63, 3.8) is 0 Å². The van der Waals surface area contributed by atoms with Gasteiger partial charge in [-0.05, 0) is 24.1 Å². The van der Waals surface area contributed by atoms with Crippen molar-refractivity contribution in [2.24, 2.45) is 7.05 Å². The van der Waals surface area contributed by atoms with Gasteiger partial charge in [-0.1, -0.05) is 0 Å². The van der Waals surface area contributed by atoms with Gasteiger partial charge in [0.1, 0.15) is 5.75 Å². The molecule has 2 heterocycles. The van der Waals surface area contributed by atoms with Crippen LogP contribution in [0.3, 0.4) is 0 Å². The molecule has 1 unspecified atom stereocenters. The van der Waals surface area contributed by atoms with E-state index < -0.39 is 0 Å². The predicted octanol–water partition coefficient (Wildman–Crippen LogP) is 0.890. The number of aliphatic hydroxyl groups is 1. The van der Waals surface area contributed by atoms with Crippen molar-refractivity contribution >= 4 is 10.9 Å². The third kappa shape index (κ3) is 1.52. The predicted molar refractivity (Wildman–Crippen MR) is 66.0 cm³/mol. The summed E-state index contributed by atoms with van der Waals surface area (Å²) in [5.41, 5.74) is 3.59. The molecule has 1 aromatic carbocycles. The Morgan fingerprint density at radius 3 is 3.06 bits per heavy atom. The van der Waals surface area contributed by atoms with Crippen molar-refractivity contribution < 1.29 is 10.2 Å². The van der Waals surface area contributed by atoms with Crippen LogP contribution in [0.25, 0.3) is 10.9 Å². The number of nitrogens with one attached hydrogen (secondary N) is 1. The maximum atomic E-state index is 9.55. The minimum absolute atomic E-state index is 0.141. The highest BCUT2D eigenvalue weighted by atomic mass is 16.3. The number of benzene rings is 1. The molecule has 2 aromatic rings. The van der Waals surface area contributed by atoms with Crippen molar-refractivity contribution in [3.8, 4) is 5.75 Å². The quantitative estimate of drug-likeness (QED) is 0.684. The van der Waals surface area contributed by atoms with Gasteiger partial charge in [0.05, 0.1) is 12.1 Å². The average molecular weight is 232 g/mol. The van der Waals surface area contributed by atoms with Gasteiger partial charge < -0.3 is 20.1 Å². The largest absolute Gasteiger partial charge is 0.508 e. The molecule has 0 saturated heterocycles. The van der Waals surface area contributed by atoms with Crippen LogP contribution in [0.4, 0.5) is 0 Å². The van der Waals surface area contributed by atoms with E-state index in [0.717, 1.165) is 18.5 Å². The minimum Gasteiger partial charge on any atom is -0.508 e. The molecule has 0 amide bonds. The summed E-state index contributed by atoms with van der Waals surface area (Å²) in [4.78, 5) is 0. The highest BCUT2D eigenvalue weighted by Crippen LogP contribution is 2.31. The smallest absolute Gasteiger partial charge is 0.117 e. The lowest BCUT2D eigenvalue weighted by Crippen LogP contribution is -2.38.